The molecule has 202 valence electrons. The number of hydrogen-bond acceptors (Lipinski definition) is 4. The van der Waals surface area contributed by atoms with Crippen molar-refractivity contribution in [2.24, 2.45) is 0 Å². The van der Waals surface area contributed by atoms with E-state index in [1.54, 1.807) is 32.5 Å². The van der Waals surface area contributed by atoms with E-state index >= 15 is 0 Å². The second-order valence-electron chi connectivity index (χ2n) is 9.24. The van der Waals surface area contributed by atoms with Gasteiger partial charge in [0.15, 0.2) is 5.11 Å². The molecule has 39 heavy (non-hydrogen) atoms. The Hall–Kier alpha value is -4.05. The van der Waals surface area contributed by atoms with Gasteiger partial charge in [0.1, 0.15) is 11.5 Å². The molecular formula is C29H27F3N4O2S. The van der Waals surface area contributed by atoms with E-state index in [1.165, 1.54) is 12.1 Å². The monoisotopic (exact) mass is 552 g/mol. The minimum Gasteiger partial charge on any atom is -0.497 e. The fraction of sp³-hybridized carbons (Fsp3) is 0.241. The first-order valence-corrected chi connectivity index (χ1v) is 12.6. The number of rotatable bonds is 6. The van der Waals surface area contributed by atoms with Gasteiger partial charge in [-0.25, -0.2) is 0 Å². The lowest BCUT2D eigenvalue weighted by Crippen LogP contribution is -2.30. The molecule has 3 heterocycles. The maximum Gasteiger partial charge on any atom is 0.416 e. The first kappa shape index (κ1) is 26.6. The summed E-state index contributed by atoms with van der Waals surface area (Å²) < 4.78 is 53.6. The molecule has 1 N–H and O–H groups in total. The molecule has 0 aliphatic carbocycles. The third-order valence-electron chi connectivity index (χ3n) is 6.96. The highest BCUT2D eigenvalue weighted by atomic mass is 32.1. The molecule has 0 spiro atoms. The maximum atomic E-state index is 13.5. The van der Waals surface area contributed by atoms with Gasteiger partial charge in [-0.3, -0.25) is 4.98 Å². The van der Waals surface area contributed by atoms with Gasteiger partial charge in [-0.15, -0.1) is 0 Å². The van der Waals surface area contributed by atoms with E-state index in [1.807, 2.05) is 59.7 Å². The first-order chi connectivity index (χ1) is 18.6. The van der Waals surface area contributed by atoms with Gasteiger partial charge in [0.2, 0.25) is 0 Å². The largest absolute Gasteiger partial charge is 0.497 e. The normalized spacial score (nSPS) is 17.3. The third-order valence-corrected chi connectivity index (χ3v) is 7.28. The minimum atomic E-state index is -4.45. The lowest BCUT2D eigenvalue weighted by Gasteiger charge is -2.29. The molecule has 6 nitrogen and oxygen atoms in total. The van der Waals surface area contributed by atoms with E-state index in [0.29, 0.717) is 28.0 Å². The Kier molecular flexibility index (Phi) is 6.98. The smallest absolute Gasteiger partial charge is 0.416 e. The van der Waals surface area contributed by atoms with E-state index in [2.05, 4.69) is 10.3 Å². The topological polar surface area (TPSA) is 51.6 Å². The average molecular weight is 553 g/mol. The quantitative estimate of drug-likeness (QED) is 0.269. The van der Waals surface area contributed by atoms with Crippen LogP contribution in [0.25, 0.3) is 5.69 Å². The Morgan fingerprint density at radius 2 is 1.74 bits per heavy atom. The molecule has 1 saturated heterocycles. The number of methoxy groups -OCH3 is 2. The van der Waals surface area contributed by atoms with E-state index in [0.717, 1.165) is 28.7 Å². The highest BCUT2D eigenvalue weighted by Crippen LogP contribution is 2.47. The van der Waals surface area contributed by atoms with Gasteiger partial charge < -0.3 is 24.3 Å². The lowest BCUT2D eigenvalue weighted by atomic mass is 9.96. The van der Waals surface area contributed by atoms with Crippen molar-refractivity contribution in [3.63, 3.8) is 0 Å². The molecule has 0 amide bonds. The fourth-order valence-corrected chi connectivity index (χ4v) is 5.56. The van der Waals surface area contributed by atoms with Crippen molar-refractivity contribution in [3.8, 4) is 17.2 Å². The number of aryl methyl sites for hydroxylation is 1. The van der Waals surface area contributed by atoms with Crippen LogP contribution in [0.15, 0.2) is 72.9 Å². The molecular weight excluding hydrogens is 525 g/mol. The molecule has 5 rings (SSSR count). The number of anilines is 1. The van der Waals surface area contributed by atoms with Crippen LogP contribution in [-0.4, -0.2) is 28.9 Å². The molecule has 0 saturated carbocycles. The standard InChI is InChI=1S/C29H27F3N4O2S/c1-17-14-22(18(2)35(17)20-9-7-8-19(15-20)29(30,31)32)27-26(23-10-5-6-13-33-23)34-28(39)36(27)24-16-21(37-3)11-12-25(24)38-4/h5-16,26-27H,1-4H3,(H,34,39)/t26-,27-/m0/s1. The summed E-state index contributed by atoms with van der Waals surface area (Å²) in [5.74, 6) is 1.22. The molecule has 0 radical (unpaired) electrons. The van der Waals surface area contributed by atoms with Crippen LogP contribution in [0.1, 0.15) is 40.3 Å². The van der Waals surface area contributed by atoms with Crippen molar-refractivity contribution in [2.75, 3.05) is 19.1 Å². The van der Waals surface area contributed by atoms with Gasteiger partial charge >= 0.3 is 6.18 Å². The number of ether oxygens (including phenoxy) is 2. The molecule has 2 atom stereocenters. The Labute approximate surface area is 230 Å². The third kappa shape index (κ3) is 4.80. The zero-order valence-corrected chi connectivity index (χ0v) is 22.6. The van der Waals surface area contributed by atoms with Crippen LogP contribution < -0.4 is 19.7 Å². The summed E-state index contributed by atoms with van der Waals surface area (Å²) in [4.78, 5) is 6.56. The van der Waals surface area contributed by atoms with Gasteiger partial charge in [0.25, 0.3) is 0 Å². The van der Waals surface area contributed by atoms with E-state index in [4.69, 9.17) is 21.7 Å². The predicted molar refractivity (Wildman–Crippen MR) is 148 cm³/mol. The Bertz CT molecular complexity index is 1520. The van der Waals surface area contributed by atoms with Crippen molar-refractivity contribution < 1.29 is 22.6 Å². The number of thiocarbonyl (C=S) groups is 1. The van der Waals surface area contributed by atoms with E-state index in [-0.39, 0.29) is 12.1 Å². The number of nitrogens with zero attached hydrogens (tertiary/aromatic N) is 3. The summed E-state index contributed by atoms with van der Waals surface area (Å²) in [6, 6.07) is 17.7. The molecule has 2 aromatic carbocycles. The number of pyridine rings is 1. The SMILES string of the molecule is COc1ccc(OC)c(N2C(=S)N[C@@H](c3ccccn3)[C@@H]2c2cc(C)n(-c3cccc(C(F)(F)F)c3)c2C)c1. The summed E-state index contributed by atoms with van der Waals surface area (Å²) in [5.41, 5.74) is 3.66. The molecule has 2 aromatic heterocycles. The number of benzene rings is 2. The van der Waals surface area contributed by atoms with Gasteiger partial charge in [-0.1, -0.05) is 12.1 Å². The van der Waals surface area contributed by atoms with Gasteiger partial charge in [-0.2, -0.15) is 13.2 Å². The Morgan fingerprint density at radius 3 is 2.41 bits per heavy atom. The number of nitrogens with one attached hydrogen (secondary N) is 1. The van der Waals surface area contributed by atoms with Crippen molar-refractivity contribution in [2.45, 2.75) is 32.1 Å². The van der Waals surface area contributed by atoms with Crippen molar-refractivity contribution in [3.05, 3.63) is 101 Å². The average Bonchev–Trinajstić information content (AvgIpc) is 3.42. The zero-order chi connectivity index (χ0) is 27.9. The second-order valence-corrected chi connectivity index (χ2v) is 9.63. The van der Waals surface area contributed by atoms with Crippen molar-refractivity contribution in [1.82, 2.24) is 14.9 Å². The number of halogens is 3. The Morgan fingerprint density at radius 1 is 0.949 bits per heavy atom. The molecule has 4 aromatic rings. The lowest BCUT2D eigenvalue weighted by molar-refractivity contribution is -0.137. The summed E-state index contributed by atoms with van der Waals surface area (Å²) in [6.07, 6.45) is -2.73. The molecule has 0 unspecified atom stereocenters. The molecule has 1 aliphatic rings. The summed E-state index contributed by atoms with van der Waals surface area (Å²) in [5, 5.41) is 3.89. The molecule has 0 bridgehead atoms. The van der Waals surface area contributed by atoms with Crippen LogP contribution in [0.3, 0.4) is 0 Å². The number of aromatic nitrogens is 2. The van der Waals surface area contributed by atoms with Crippen LogP contribution >= 0.6 is 12.2 Å². The Balaban J connectivity index is 1.71. The van der Waals surface area contributed by atoms with E-state index in [9.17, 15) is 13.2 Å². The van der Waals surface area contributed by atoms with Crippen molar-refractivity contribution >= 4 is 23.0 Å². The molecule has 1 fully saturated rings. The van der Waals surface area contributed by atoms with Crippen LogP contribution in [0, 0.1) is 13.8 Å². The summed E-state index contributed by atoms with van der Waals surface area (Å²) >= 11 is 5.86. The molecule has 1 aliphatic heterocycles. The molecule has 10 heteroatoms. The summed E-state index contributed by atoms with van der Waals surface area (Å²) in [6.45, 7) is 3.78. The van der Waals surface area contributed by atoms with Crippen LogP contribution in [-0.2, 0) is 6.18 Å². The van der Waals surface area contributed by atoms with Crippen LogP contribution in [0.5, 0.6) is 11.5 Å². The maximum absolute atomic E-state index is 13.5. The minimum absolute atomic E-state index is 0.343. The number of hydrogen-bond donors (Lipinski definition) is 1. The number of alkyl halides is 3. The van der Waals surface area contributed by atoms with Crippen LogP contribution in [0.4, 0.5) is 18.9 Å². The first-order valence-electron chi connectivity index (χ1n) is 12.2. The zero-order valence-electron chi connectivity index (χ0n) is 21.8. The highest BCUT2D eigenvalue weighted by molar-refractivity contribution is 7.80. The van der Waals surface area contributed by atoms with Gasteiger partial charge in [0, 0.05) is 29.3 Å². The van der Waals surface area contributed by atoms with E-state index < -0.39 is 11.7 Å². The van der Waals surface area contributed by atoms with Gasteiger partial charge in [0.05, 0.1) is 43.2 Å². The van der Waals surface area contributed by atoms with Crippen LogP contribution in [0.2, 0.25) is 0 Å². The van der Waals surface area contributed by atoms with Crippen molar-refractivity contribution in [1.29, 1.82) is 0 Å². The predicted octanol–water partition coefficient (Wildman–Crippen LogP) is 6.70. The highest BCUT2D eigenvalue weighted by Gasteiger charge is 2.43. The summed E-state index contributed by atoms with van der Waals surface area (Å²) in [7, 11) is 3.17. The fourth-order valence-electron chi connectivity index (χ4n) is 5.22. The van der Waals surface area contributed by atoms with Gasteiger partial charge in [-0.05, 0) is 80.2 Å². The second kappa shape index (κ2) is 10.3.